The van der Waals surface area contributed by atoms with Crippen LogP contribution in [0, 0.1) is 5.92 Å². The van der Waals surface area contributed by atoms with Gasteiger partial charge in [-0.1, -0.05) is 6.07 Å². The third-order valence-electron chi connectivity index (χ3n) is 4.44. The highest BCUT2D eigenvalue weighted by molar-refractivity contribution is 5.80. The first-order valence-corrected chi connectivity index (χ1v) is 8.14. The second kappa shape index (κ2) is 7.00. The van der Waals surface area contributed by atoms with Gasteiger partial charge in [0.1, 0.15) is 5.82 Å². The summed E-state index contributed by atoms with van der Waals surface area (Å²) in [7, 11) is 5.80. The van der Waals surface area contributed by atoms with Crippen LogP contribution in [-0.4, -0.2) is 47.9 Å². The molecule has 1 aliphatic heterocycles. The van der Waals surface area contributed by atoms with Gasteiger partial charge in [0.2, 0.25) is 5.91 Å². The number of hydrogen-bond acceptors (Lipinski definition) is 5. The largest absolute Gasteiger partial charge is 0.363 e. The van der Waals surface area contributed by atoms with Crippen LogP contribution in [0.15, 0.2) is 30.7 Å². The molecule has 2 atom stereocenters. The number of anilines is 1. The fourth-order valence-electron chi connectivity index (χ4n) is 3.04. The van der Waals surface area contributed by atoms with Crippen LogP contribution in [-0.2, 0) is 18.4 Å². The first kappa shape index (κ1) is 16.4. The second-order valence-electron chi connectivity index (χ2n) is 6.46. The highest BCUT2D eigenvalue weighted by atomic mass is 16.1. The number of nitrogens with zero attached hydrogens (tertiary/aromatic N) is 4. The molecule has 0 aromatic carbocycles. The van der Waals surface area contributed by atoms with Crippen LogP contribution in [0.4, 0.5) is 5.82 Å². The molecule has 1 fully saturated rings. The third-order valence-corrected chi connectivity index (χ3v) is 4.44. The van der Waals surface area contributed by atoms with Gasteiger partial charge in [-0.05, 0) is 17.2 Å². The molecule has 2 N–H and O–H groups in total. The molecule has 3 heterocycles. The minimum atomic E-state index is -0.0665. The number of nitrogens with one attached hydrogen (secondary N) is 2. The Bertz CT molecular complexity index is 693. The Balaban J connectivity index is 1.60. The summed E-state index contributed by atoms with van der Waals surface area (Å²) in [6.45, 7) is 2.00. The predicted octanol–water partition coefficient (Wildman–Crippen LogP) is 0.501. The number of carbonyl (C=O) groups is 1. The Morgan fingerprint density at radius 3 is 2.83 bits per heavy atom. The lowest BCUT2D eigenvalue weighted by Crippen LogP contribution is -2.34. The Kier molecular flexibility index (Phi) is 4.80. The van der Waals surface area contributed by atoms with Gasteiger partial charge in [0.15, 0.2) is 0 Å². The molecule has 24 heavy (non-hydrogen) atoms. The van der Waals surface area contributed by atoms with Crippen LogP contribution in [0.25, 0.3) is 0 Å². The molecule has 1 aliphatic rings. The Labute approximate surface area is 142 Å². The molecule has 0 spiro atoms. The van der Waals surface area contributed by atoms with Crippen molar-refractivity contribution in [2.75, 3.05) is 32.1 Å². The second-order valence-corrected chi connectivity index (χ2v) is 6.46. The summed E-state index contributed by atoms with van der Waals surface area (Å²) in [6.07, 6.45) is 5.64. The van der Waals surface area contributed by atoms with E-state index in [2.05, 4.69) is 20.7 Å². The average molecular weight is 328 g/mol. The summed E-state index contributed by atoms with van der Waals surface area (Å²) in [6, 6.07) is 3.95. The van der Waals surface area contributed by atoms with Crippen LogP contribution in [0.3, 0.4) is 0 Å². The molecule has 0 aliphatic carbocycles. The van der Waals surface area contributed by atoms with E-state index < -0.39 is 0 Å². The number of hydrogen-bond donors (Lipinski definition) is 2. The van der Waals surface area contributed by atoms with Gasteiger partial charge >= 0.3 is 0 Å². The van der Waals surface area contributed by atoms with E-state index in [1.54, 1.807) is 10.9 Å². The predicted molar refractivity (Wildman–Crippen MR) is 92.7 cm³/mol. The van der Waals surface area contributed by atoms with Crippen LogP contribution in [0.1, 0.15) is 17.0 Å². The zero-order valence-corrected chi connectivity index (χ0v) is 14.4. The van der Waals surface area contributed by atoms with Gasteiger partial charge in [-0.3, -0.25) is 9.48 Å². The van der Waals surface area contributed by atoms with E-state index in [4.69, 9.17) is 0 Å². The highest BCUT2D eigenvalue weighted by Crippen LogP contribution is 2.27. The average Bonchev–Trinajstić information content (AvgIpc) is 3.21. The van der Waals surface area contributed by atoms with Crippen molar-refractivity contribution in [1.82, 2.24) is 25.4 Å². The molecule has 128 valence electrons. The van der Waals surface area contributed by atoms with Crippen molar-refractivity contribution in [2.45, 2.75) is 12.5 Å². The van der Waals surface area contributed by atoms with Crippen LogP contribution in [0.5, 0.6) is 0 Å². The van der Waals surface area contributed by atoms with E-state index in [1.807, 2.05) is 50.6 Å². The van der Waals surface area contributed by atoms with Gasteiger partial charge in [0.25, 0.3) is 0 Å². The van der Waals surface area contributed by atoms with Crippen LogP contribution >= 0.6 is 0 Å². The maximum atomic E-state index is 12.6. The molecule has 0 unspecified atom stereocenters. The van der Waals surface area contributed by atoms with Gasteiger partial charge in [-0.25, -0.2) is 4.98 Å². The van der Waals surface area contributed by atoms with Crippen molar-refractivity contribution < 1.29 is 4.79 Å². The lowest BCUT2D eigenvalue weighted by atomic mass is 9.90. The minimum Gasteiger partial charge on any atom is -0.363 e. The first-order chi connectivity index (χ1) is 11.5. The van der Waals surface area contributed by atoms with Crippen molar-refractivity contribution >= 4 is 11.7 Å². The van der Waals surface area contributed by atoms with Gasteiger partial charge in [-0.15, -0.1) is 0 Å². The van der Waals surface area contributed by atoms with E-state index >= 15 is 0 Å². The number of amides is 1. The SMILES string of the molecule is CN(C)c1ccc(CNC(=O)[C@H]2CNC[C@@H]2c2cnn(C)c2)cn1. The normalized spacial score (nSPS) is 20.1. The number of carbonyl (C=O) groups excluding carboxylic acids is 1. The summed E-state index contributed by atoms with van der Waals surface area (Å²) in [4.78, 5) is 18.9. The van der Waals surface area contributed by atoms with Crippen molar-refractivity contribution in [1.29, 1.82) is 0 Å². The molecule has 7 heteroatoms. The molecule has 1 amide bonds. The maximum Gasteiger partial charge on any atom is 0.225 e. The molecule has 7 nitrogen and oxygen atoms in total. The zero-order valence-electron chi connectivity index (χ0n) is 14.4. The van der Waals surface area contributed by atoms with Gasteiger partial charge in [0, 0.05) is 59.1 Å². The van der Waals surface area contributed by atoms with Gasteiger partial charge < -0.3 is 15.5 Å². The first-order valence-electron chi connectivity index (χ1n) is 8.14. The van der Waals surface area contributed by atoms with E-state index in [9.17, 15) is 4.79 Å². The number of pyridine rings is 1. The van der Waals surface area contributed by atoms with Crippen LogP contribution in [0.2, 0.25) is 0 Å². The maximum absolute atomic E-state index is 12.6. The fourth-order valence-corrected chi connectivity index (χ4v) is 3.04. The summed E-state index contributed by atoms with van der Waals surface area (Å²) in [5.74, 6) is 1.09. The molecular formula is C17H24N6O. The van der Waals surface area contributed by atoms with Crippen molar-refractivity contribution in [3.63, 3.8) is 0 Å². The molecule has 0 bridgehead atoms. The van der Waals surface area contributed by atoms with Gasteiger partial charge in [-0.2, -0.15) is 5.10 Å². The fraction of sp³-hybridized carbons (Fsp3) is 0.471. The number of rotatable bonds is 5. The topological polar surface area (TPSA) is 75.1 Å². The Hall–Kier alpha value is -2.41. The van der Waals surface area contributed by atoms with E-state index in [1.165, 1.54) is 0 Å². The third kappa shape index (κ3) is 3.56. The molecule has 2 aromatic heterocycles. The Morgan fingerprint density at radius 1 is 1.38 bits per heavy atom. The highest BCUT2D eigenvalue weighted by Gasteiger charge is 2.34. The monoisotopic (exact) mass is 328 g/mol. The Morgan fingerprint density at radius 2 is 2.21 bits per heavy atom. The van der Waals surface area contributed by atoms with E-state index in [0.717, 1.165) is 23.5 Å². The molecular weight excluding hydrogens is 304 g/mol. The number of aromatic nitrogens is 3. The van der Waals surface area contributed by atoms with Crippen molar-refractivity contribution in [3.05, 3.63) is 41.9 Å². The molecule has 0 saturated carbocycles. The minimum absolute atomic E-state index is 0.0665. The smallest absolute Gasteiger partial charge is 0.225 e. The summed E-state index contributed by atoms with van der Waals surface area (Å²) < 4.78 is 1.78. The molecule has 0 radical (unpaired) electrons. The molecule has 2 aromatic rings. The lowest BCUT2D eigenvalue weighted by Gasteiger charge is -2.17. The molecule has 3 rings (SSSR count). The standard InChI is InChI=1S/C17H24N6O/c1-22(2)16-5-4-12(6-19-16)7-20-17(24)15-10-18-9-14(15)13-8-21-23(3)11-13/h4-6,8,11,14-15,18H,7,9-10H2,1-3H3,(H,20,24)/t14-,15+/m1/s1. The van der Waals surface area contributed by atoms with Gasteiger partial charge in [0.05, 0.1) is 12.1 Å². The summed E-state index contributed by atoms with van der Waals surface area (Å²) in [5, 5.41) is 10.6. The quantitative estimate of drug-likeness (QED) is 0.836. The zero-order chi connectivity index (χ0) is 17.1. The summed E-state index contributed by atoms with van der Waals surface area (Å²) in [5.41, 5.74) is 2.11. The van der Waals surface area contributed by atoms with Crippen LogP contribution < -0.4 is 15.5 Å². The van der Waals surface area contributed by atoms with Crippen molar-refractivity contribution in [2.24, 2.45) is 13.0 Å². The molecule has 1 saturated heterocycles. The number of aryl methyl sites for hydroxylation is 1. The van der Waals surface area contributed by atoms with E-state index in [0.29, 0.717) is 13.1 Å². The van der Waals surface area contributed by atoms with E-state index in [-0.39, 0.29) is 17.7 Å². The van der Waals surface area contributed by atoms with Crippen molar-refractivity contribution in [3.8, 4) is 0 Å². The summed E-state index contributed by atoms with van der Waals surface area (Å²) >= 11 is 0. The lowest BCUT2D eigenvalue weighted by molar-refractivity contribution is -0.125.